The average molecular weight is 374 g/mol. The number of Topliss-reactive ketones (excluding diaryl/α,β-unsaturated/α-hetero) is 1. The van der Waals surface area contributed by atoms with Gasteiger partial charge in [-0.3, -0.25) is 4.79 Å². The summed E-state index contributed by atoms with van der Waals surface area (Å²) in [6.07, 6.45) is 1.99. The second-order valence-electron chi connectivity index (χ2n) is 7.45. The molecule has 0 aliphatic carbocycles. The number of rotatable bonds is 7. The molecule has 0 unspecified atom stereocenters. The van der Waals surface area contributed by atoms with Gasteiger partial charge in [0, 0.05) is 18.0 Å². The number of hydrogen-bond acceptors (Lipinski definition) is 4. The molecule has 0 N–H and O–H groups in total. The number of ether oxygens (including phenoxy) is 1. The topological polar surface area (TPSA) is 52.1 Å². The van der Waals surface area contributed by atoms with Crippen LogP contribution in [0, 0.1) is 6.92 Å². The van der Waals surface area contributed by atoms with Gasteiger partial charge in [0.1, 0.15) is 12.4 Å². The monoisotopic (exact) mass is 374 g/mol. The van der Waals surface area contributed by atoms with Crippen molar-refractivity contribution in [3.8, 4) is 5.75 Å². The third kappa shape index (κ3) is 4.45. The fraction of sp³-hybridized carbons (Fsp3) is 0.292. The highest BCUT2D eigenvalue weighted by Crippen LogP contribution is 2.32. The van der Waals surface area contributed by atoms with Crippen LogP contribution >= 0.6 is 0 Å². The van der Waals surface area contributed by atoms with E-state index in [1.807, 2.05) is 12.1 Å². The van der Waals surface area contributed by atoms with Crippen LogP contribution in [0.15, 0.2) is 60.8 Å². The zero-order valence-corrected chi connectivity index (χ0v) is 16.9. The molecule has 0 aliphatic heterocycles. The van der Waals surface area contributed by atoms with Crippen molar-refractivity contribution in [3.05, 3.63) is 89.0 Å². The number of aryl methyl sites for hydroxylation is 1. The van der Waals surface area contributed by atoms with Gasteiger partial charge in [-0.1, -0.05) is 62.7 Å². The zero-order valence-electron chi connectivity index (χ0n) is 16.9. The second kappa shape index (κ2) is 8.34. The highest BCUT2D eigenvalue weighted by atomic mass is 16.5. The molecular weight excluding hydrogens is 348 g/mol. The predicted octanol–water partition coefficient (Wildman–Crippen LogP) is 5.28. The van der Waals surface area contributed by atoms with E-state index < -0.39 is 0 Å². The molecule has 144 valence electrons. The Labute approximate surface area is 166 Å². The normalized spacial score (nSPS) is 11.3. The van der Waals surface area contributed by atoms with Gasteiger partial charge in [0.2, 0.25) is 0 Å². The Balaban J connectivity index is 1.69. The lowest BCUT2D eigenvalue weighted by molar-refractivity contribution is 0.0977. The van der Waals surface area contributed by atoms with Crippen LogP contribution in [0.5, 0.6) is 5.75 Å². The first-order valence-corrected chi connectivity index (χ1v) is 9.55. The molecule has 0 amide bonds. The average Bonchev–Trinajstić information content (AvgIpc) is 2.72. The summed E-state index contributed by atoms with van der Waals surface area (Å²) in [6.45, 7) is 8.64. The summed E-state index contributed by atoms with van der Waals surface area (Å²) in [6, 6.07) is 18.6. The van der Waals surface area contributed by atoms with E-state index in [2.05, 4.69) is 67.1 Å². The van der Waals surface area contributed by atoms with E-state index in [0.29, 0.717) is 18.7 Å². The van der Waals surface area contributed by atoms with Crippen molar-refractivity contribution in [1.82, 2.24) is 9.97 Å². The standard InChI is InChI=1S/C24H26N2O2/c1-5-22(27)23-25-15-14-20(26-23)16-28-21-12-10-19(11-13-21)24(3,4)18-8-6-17(2)7-9-18/h6-15H,5,16H2,1-4H3. The lowest BCUT2D eigenvalue weighted by Gasteiger charge is -2.26. The van der Waals surface area contributed by atoms with Crippen molar-refractivity contribution in [2.24, 2.45) is 0 Å². The minimum absolute atomic E-state index is 0.0652. The Hall–Kier alpha value is -3.01. The molecule has 0 bridgehead atoms. The van der Waals surface area contributed by atoms with E-state index >= 15 is 0 Å². The third-order valence-corrected chi connectivity index (χ3v) is 5.02. The van der Waals surface area contributed by atoms with E-state index in [4.69, 9.17) is 4.74 Å². The van der Waals surface area contributed by atoms with Gasteiger partial charge in [0.15, 0.2) is 11.6 Å². The summed E-state index contributed by atoms with van der Waals surface area (Å²) in [5.41, 5.74) is 4.36. The Morgan fingerprint density at radius 2 is 1.57 bits per heavy atom. The molecule has 3 aromatic rings. The molecule has 0 fully saturated rings. The van der Waals surface area contributed by atoms with E-state index in [-0.39, 0.29) is 17.0 Å². The molecule has 3 rings (SSSR count). The van der Waals surface area contributed by atoms with Crippen molar-refractivity contribution in [2.75, 3.05) is 0 Å². The first-order valence-electron chi connectivity index (χ1n) is 9.55. The van der Waals surface area contributed by atoms with Gasteiger partial charge in [-0.25, -0.2) is 9.97 Å². The predicted molar refractivity (Wildman–Crippen MR) is 111 cm³/mol. The molecule has 1 heterocycles. The number of ketones is 1. The zero-order chi connectivity index (χ0) is 20.1. The Morgan fingerprint density at radius 3 is 2.18 bits per heavy atom. The summed E-state index contributed by atoms with van der Waals surface area (Å²) in [7, 11) is 0. The molecule has 4 heteroatoms. The number of aromatic nitrogens is 2. The first-order chi connectivity index (χ1) is 13.4. The summed E-state index contributed by atoms with van der Waals surface area (Å²) in [5, 5.41) is 0. The summed E-state index contributed by atoms with van der Waals surface area (Å²) in [5.74, 6) is 0.953. The number of carbonyl (C=O) groups is 1. The molecule has 0 radical (unpaired) electrons. The Morgan fingerprint density at radius 1 is 0.964 bits per heavy atom. The van der Waals surface area contributed by atoms with Crippen molar-refractivity contribution >= 4 is 5.78 Å². The van der Waals surface area contributed by atoms with Crippen LogP contribution < -0.4 is 4.74 Å². The molecule has 0 atom stereocenters. The molecule has 4 nitrogen and oxygen atoms in total. The maximum atomic E-state index is 11.7. The molecule has 0 saturated heterocycles. The lowest BCUT2D eigenvalue weighted by atomic mass is 9.78. The number of benzene rings is 2. The van der Waals surface area contributed by atoms with Crippen LogP contribution in [0.4, 0.5) is 0 Å². The van der Waals surface area contributed by atoms with Gasteiger partial charge in [-0.15, -0.1) is 0 Å². The number of carbonyl (C=O) groups excluding carboxylic acids is 1. The van der Waals surface area contributed by atoms with Gasteiger partial charge < -0.3 is 4.74 Å². The molecular formula is C24H26N2O2. The number of nitrogens with zero attached hydrogens (tertiary/aromatic N) is 2. The van der Waals surface area contributed by atoms with E-state index in [9.17, 15) is 4.79 Å². The van der Waals surface area contributed by atoms with Crippen LogP contribution in [0.1, 0.15) is 60.2 Å². The van der Waals surface area contributed by atoms with Crippen molar-refractivity contribution in [1.29, 1.82) is 0 Å². The molecule has 1 aromatic heterocycles. The van der Waals surface area contributed by atoms with Crippen LogP contribution in [0.2, 0.25) is 0 Å². The van der Waals surface area contributed by atoms with Crippen LogP contribution in [-0.2, 0) is 12.0 Å². The number of hydrogen-bond donors (Lipinski definition) is 0. The van der Waals surface area contributed by atoms with E-state index in [0.717, 1.165) is 5.75 Å². The smallest absolute Gasteiger partial charge is 0.199 e. The third-order valence-electron chi connectivity index (χ3n) is 5.02. The van der Waals surface area contributed by atoms with Crippen molar-refractivity contribution in [2.45, 2.75) is 46.1 Å². The van der Waals surface area contributed by atoms with Crippen LogP contribution in [0.3, 0.4) is 0 Å². The van der Waals surface area contributed by atoms with E-state index in [1.165, 1.54) is 16.7 Å². The maximum absolute atomic E-state index is 11.7. The first kappa shape index (κ1) is 19.7. The van der Waals surface area contributed by atoms with Gasteiger partial charge in [0.05, 0.1) is 5.69 Å². The largest absolute Gasteiger partial charge is 0.487 e. The van der Waals surface area contributed by atoms with Gasteiger partial charge >= 0.3 is 0 Å². The van der Waals surface area contributed by atoms with Gasteiger partial charge in [-0.2, -0.15) is 0 Å². The molecule has 0 spiro atoms. The molecule has 28 heavy (non-hydrogen) atoms. The molecule has 0 saturated carbocycles. The fourth-order valence-corrected chi connectivity index (χ4v) is 3.03. The highest BCUT2D eigenvalue weighted by molar-refractivity contribution is 5.92. The minimum Gasteiger partial charge on any atom is -0.487 e. The molecule has 2 aromatic carbocycles. The Bertz CT molecular complexity index is 945. The lowest BCUT2D eigenvalue weighted by Crippen LogP contribution is -2.18. The SMILES string of the molecule is CCC(=O)c1nccc(COc2ccc(C(C)(C)c3ccc(C)cc3)cc2)n1. The van der Waals surface area contributed by atoms with Crippen LogP contribution in [0.25, 0.3) is 0 Å². The van der Waals surface area contributed by atoms with Gasteiger partial charge in [-0.05, 0) is 36.2 Å². The summed E-state index contributed by atoms with van der Waals surface area (Å²) >= 11 is 0. The van der Waals surface area contributed by atoms with Crippen molar-refractivity contribution in [3.63, 3.8) is 0 Å². The minimum atomic E-state index is -0.0890. The maximum Gasteiger partial charge on any atom is 0.199 e. The van der Waals surface area contributed by atoms with Crippen molar-refractivity contribution < 1.29 is 9.53 Å². The highest BCUT2D eigenvalue weighted by Gasteiger charge is 2.22. The Kier molecular flexibility index (Phi) is 5.88. The van der Waals surface area contributed by atoms with Gasteiger partial charge in [0.25, 0.3) is 0 Å². The fourth-order valence-electron chi connectivity index (χ4n) is 3.03. The van der Waals surface area contributed by atoms with E-state index in [1.54, 1.807) is 19.2 Å². The molecule has 0 aliphatic rings. The quantitative estimate of drug-likeness (QED) is 0.528. The summed E-state index contributed by atoms with van der Waals surface area (Å²) in [4.78, 5) is 20.0. The van der Waals surface area contributed by atoms with Crippen LogP contribution in [-0.4, -0.2) is 15.8 Å². The second-order valence-corrected chi connectivity index (χ2v) is 7.45. The summed E-state index contributed by atoms with van der Waals surface area (Å²) < 4.78 is 5.85.